The van der Waals surface area contributed by atoms with Gasteiger partial charge in [-0.05, 0) is 55.1 Å². The van der Waals surface area contributed by atoms with Crippen LogP contribution in [0, 0.1) is 5.41 Å². The van der Waals surface area contributed by atoms with E-state index in [-0.39, 0.29) is 14.5 Å². The molecule has 3 rings (SSSR count). The second-order valence-corrected chi connectivity index (χ2v) is 20.0. The molecule has 0 radical (unpaired) electrons. The summed E-state index contributed by atoms with van der Waals surface area (Å²) in [5, 5.41) is 23.7. The average molecular weight is 555 g/mol. The van der Waals surface area contributed by atoms with Crippen molar-refractivity contribution in [1.82, 2.24) is 0 Å². The van der Waals surface area contributed by atoms with Crippen molar-refractivity contribution in [2.24, 2.45) is 5.41 Å². The number of benzene rings is 1. The fourth-order valence-electron chi connectivity index (χ4n) is 5.31. The maximum Gasteiger partial charge on any atom is 0.192 e. The molecule has 36 heavy (non-hydrogen) atoms. The molecule has 2 atom stereocenters. The molecule has 1 aliphatic carbocycles. The predicted molar refractivity (Wildman–Crippen MR) is 156 cm³/mol. The van der Waals surface area contributed by atoms with E-state index in [2.05, 4.69) is 54.6 Å². The third kappa shape index (κ3) is 5.41. The number of rotatable bonds is 8. The largest absolute Gasteiger partial charge is 0.497 e. The van der Waals surface area contributed by atoms with Crippen LogP contribution in [-0.2, 0) is 11.0 Å². The second kappa shape index (κ2) is 10.9. The van der Waals surface area contributed by atoms with Crippen LogP contribution >= 0.6 is 23.5 Å². The van der Waals surface area contributed by atoms with Gasteiger partial charge in [0, 0.05) is 28.6 Å². The molecule has 0 unspecified atom stereocenters. The van der Waals surface area contributed by atoms with Crippen molar-refractivity contribution in [3.8, 4) is 11.5 Å². The van der Waals surface area contributed by atoms with Crippen molar-refractivity contribution in [3.63, 3.8) is 0 Å². The molecule has 0 saturated carbocycles. The van der Waals surface area contributed by atoms with Gasteiger partial charge in [-0.25, -0.2) is 0 Å². The molecular weight excluding hydrogens is 509 g/mol. The summed E-state index contributed by atoms with van der Waals surface area (Å²) in [7, 11) is 1.15. The molecule has 1 aromatic rings. The lowest BCUT2D eigenvalue weighted by atomic mass is 9.68. The number of allylic oxidation sites excluding steroid dienone is 1. The van der Waals surface area contributed by atoms with Gasteiger partial charge in [0.05, 0.1) is 24.9 Å². The number of methoxy groups -OCH3 is 2. The number of aliphatic hydroxyl groups is 2. The van der Waals surface area contributed by atoms with Crippen molar-refractivity contribution in [2.75, 3.05) is 25.7 Å². The van der Waals surface area contributed by atoms with E-state index >= 15 is 0 Å². The van der Waals surface area contributed by atoms with Crippen LogP contribution in [0.2, 0.25) is 18.1 Å². The van der Waals surface area contributed by atoms with Gasteiger partial charge >= 0.3 is 0 Å². The zero-order valence-electron chi connectivity index (χ0n) is 23.8. The van der Waals surface area contributed by atoms with E-state index in [0.717, 1.165) is 35.5 Å². The number of ether oxygens (including phenoxy) is 2. The molecule has 0 bridgehead atoms. The van der Waals surface area contributed by atoms with E-state index in [1.54, 1.807) is 20.3 Å². The smallest absolute Gasteiger partial charge is 0.192 e. The van der Waals surface area contributed by atoms with Crippen LogP contribution in [0.1, 0.15) is 71.6 Å². The van der Waals surface area contributed by atoms with E-state index in [1.165, 1.54) is 5.57 Å². The molecule has 2 N–H and O–H groups in total. The van der Waals surface area contributed by atoms with Crippen LogP contribution in [0.4, 0.5) is 0 Å². The summed E-state index contributed by atoms with van der Waals surface area (Å²) in [5.74, 6) is 3.39. The topological polar surface area (TPSA) is 68.2 Å². The number of aliphatic hydroxyl groups excluding tert-OH is 2. The molecule has 1 spiro atoms. The van der Waals surface area contributed by atoms with Gasteiger partial charge in [0.25, 0.3) is 0 Å². The van der Waals surface area contributed by atoms with E-state index in [4.69, 9.17) is 13.9 Å². The minimum Gasteiger partial charge on any atom is -0.497 e. The predicted octanol–water partition coefficient (Wildman–Crippen LogP) is 6.93. The first kappa shape index (κ1) is 29.9. The van der Waals surface area contributed by atoms with Gasteiger partial charge in [-0.3, -0.25) is 0 Å². The summed E-state index contributed by atoms with van der Waals surface area (Å²) in [6.07, 6.45) is -0.179. The van der Waals surface area contributed by atoms with E-state index in [9.17, 15) is 10.2 Å². The van der Waals surface area contributed by atoms with E-state index in [1.807, 2.05) is 29.6 Å². The summed E-state index contributed by atoms with van der Waals surface area (Å²) >= 11 is 4.02. The lowest BCUT2D eigenvalue weighted by Crippen LogP contribution is -2.46. The van der Waals surface area contributed by atoms with Gasteiger partial charge in [-0.1, -0.05) is 40.2 Å². The Kier molecular flexibility index (Phi) is 9.01. The molecular formula is C28H46O5S2Si. The van der Waals surface area contributed by atoms with Gasteiger partial charge in [0.15, 0.2) is 8.32 Å². The number of hydrogen-bond donors (Lipinski definition) is 2. The van der Waals surface area contributed by atoms with Gasteiger partial charge in [-0.15, -0.1) is 23.5 Å². The highest BCUT2D eigenvalue weighted by atomic mass is 32.2. The summed E-state index contributed by atoms with van der Waals surface area (Å²) in [5.41, 5.74) is 3.23. The van der Waals surface area contributed by atoms with Crippen molar-refractivity contribution in [1.29, 1.82) is 0 Å². The molecule has 2 aliphatic rings. The Morgan fingerprint density at radius 2 is 1.64 bits per heavy atom. The standard InChI is InChI=1S/C28H46O5S2Si/c1-18-11-12-28(34-13-14-35-28)27(5,6)23(18)25(30)24(29)22-19(15-20(31-7)16-21(22)32-8)17-33-36(9,10)26(2,3)4/h15-16,24-25,29-30H,11-14,17H2,1-10H3/t24-,25+/m1/s1. The highest BCUT2D eigenvalue weighted by Crippen LogP contribution is 2.64. The van der Waals surface area contributed by atoms with Crippen LogP contribution in [-0.4, -0.2) is 54.4 Å². The monoisotopic (exact) mass is 554 g/mol. The quantitative estimate of drug-likeness (QED) is 0.267. The lowest BCUT2D eigenvalue weighted by molar-refractivity contribution is 0.0232. The zero-order chi connectivity index (χ0) is 27.1. The molecule has 204 valence electrons. The summed E-state index contributed by atoms with van der Waals surface area (Å²) < 4.78 is 17.9. The Bertz CT molecular complexity index is 977. The summed E-state index contributed by atoms with van der Waals surface area (Å²) in [6, 6.07) is 3.68. The lowest BCUT2D eigenvalue weighted by Gasteiger charge is -2.50. The minimum atomic E-state index is -2.06. The van der Waals surface area contributed by atoms with Gasteiger partial charge in [0.2, 0.25) is 0 Å². The van der Waals surface area contributed by atoms with Crippen molar-refractivity contribution >= 4 is 31.8 Å². The van der Waals surface area contributed by atoms with E-state index in [0.29, 0.717) is 23.7 Å². The normalized spacial score (nSPS) is 21.6. The van der Waals surface area contributed by atoms with Crippen LogP contribution in [0.15, 0.2) is 23.3 Å². The van der Waals surface area contributed by atoms with E-state index < -0.39 is 20.5 Å². The highest BCUT2D eigenvalue weighted by Gasteiger charge is 2.54. The van der Waals surface area contributed by atoms with Crippen molar-refractivity contribution < 1.29 is 24.1 Å². The number of hydrogen-bond acceptors (Lipinski definition) is 7. The van der Waals surface area contributed by atoms with Gasteiger partial charge < -0.3 is 24.1 Å². The van der Waals surface area contributed by atoms with Crippen molar-refractivity contribution in [3.05, 3.63) is 34.4 Å². The fourth-order valence-corrected chi connectivity index (χ4v) is 9.85. The molecule has 0 amide bonds. The Labute approximate surface area is 227 Å². The average Bonchev–Trinajstić information content (AvgIpc) is 3.29. The summed E-state index contributed by atoms with van der Waals surface area (Å²) in [4.78, 5) is 0. The zero-order valence-corrected chi connectivity index (χ0v) is 26.4. The first-order valence-corrected chi connectivity index (χ1v) is 17.7. The Hall–Kier alpha value is -0.643. The Morgan fingerprint density at radius 1 is 1.03 bits per heavy atom. The maximum atomic E-state index is 11.8. The van der Waals surface area contributed by atoms with Crippen LogP contribution in [0.3, 0.4) is 0 Å². The third-order valence-electron chi connectivity index (χ3n) is 8.61. The molecule has 0 aromatic heterocycles. The Balaban J connectivity index is 2.05. The maximum absolute atomic E-state index is 11.8. The van der Waals surface area contributed by atoms with Crippen LogP contribution < -0.4 is 9.47 Å². The third-order valence-corrected chi connectivity index (χ3v) is 17.2. The SMILES string of the molecule is COc1cc(CO[Si](C)(C)C(C)(C)C)c([C@@H](O)[C@@H](O)C2=C(C)CCC3(SCCS3)C2(C)C)c(OC)c1. The number of thioether (sulfide) groups is 2. The van der Waals surface area contributed by atoms with Crippen molar-refractivity contribution in [2.45, 2.75) is 95.4 Å². The van der Waals surface area contributed by atoms with Crippen LogP contribution in [0.5, 0.6) is 11.5 Å². The first-order valence-electron chi connectivity index (χ1n) is 12.8. The molecule has 5 nitrogen and oxygen atoms in total. The molecule has 1 heterocycles. The van der Waals surface area contributed by atoms with Gasteiger partial charge in [0.1, 0.15) is 23.7 Å². The molecule has 1 aliphatic heterocycles. The molecule has 8 heteroatoms. The molecule has 1 aromatic carbocycles. The minimum absolute atomic E-state index is 0.0286. The second-order valence-electron chi connectivity index (χ2n) is 12.1. The fraction of sp³-hybridized carbons (Fsp3) is 0.714. The first-order chi connectivity index (χ1) is 16.6. The van der Waals surface area contributed by atoms with Crippen LogP contribution in [0.25, 0.3) is 0 Å². The molecule has 1 fully saturated rings. The van der Waals surface area contributed by atoms with Gasteiger partial charge in [-0.2, -0.15) is 0 Å². The molecule has 1 saturated heterocycles. The Morgan fingerprint density at radius 3 is 2.17 bits per heavy atom. The highest BCUT2D eigenvalue weighted by molar-refractivity contribution is 8.21. The summed E-state index contributed by atoms with van der Waals surface area (Å²) in [6.45, 7) is 17.9.